The lowest BCUT2D eigenvalue weighted by molar-refractivity contribution is -0.0599. The van der Waals surface area contributed by atoms with Crippen molar-refractivity contribution in [1.29, 1.82) is 0 Å². The van der Waals surface area contributed by atoms with Gasteiger partial charge in [-0.1, -0.05) is 58.3 Å². The highest BCUT2D eigenvalue weighted by molar-refractivity contribution is 6.18. The third-order valence-electron chi connectivity index (χ3n) is 3.53. The van der Waals surface area contributed by atoms with Gasteiger partial charge in [0, 0.05) is 0 Å². The molecule has 0 aromatic heterocycles. The lowest BCUT2D eigenvalue weighted by atomic mass is 10.1. The van der Waals surface area contributed by atoms with Crippen LogP contribution in [0.3, 0.4) is 0 Å². The van der Waals surface area contributed by atoms with Crippen molar-refractivity contribution in [3.05, 3.63) is 0 Å². The molecule has 0 N–H and O–H groups in total. The SMILES string of the molecule is CCCCCCCCCCC[C@@H]1OC[C@H](CCl)O1. The van der Waals surface area contributed by atoms with E-state index >= 15 is 0 Å². The molecule has 0 radical (unpaired) electrons. The van der Waals surface area contributed by atoms with E-state index in [-0.39, 0.29) is 12.4 Å². The van der Waals surface area contributed by atoms with Gasteiger partial charge in [-0.05, 0) is 12.8 Å². The van der Waals surface area contributed by atoms with E-state index in [9.17, 15) is 0 Å². The van der Waals surface area contributed by atoms with Crippen LogP contribution >= 0.6 is 11.6 Å². The van der Waals surface area contributed by atoms with Gasteiger partial charge in [0.2, 0.25) is 0 Å². The Hall–Kier alpha value is 0.210. The number of ether oxygens (including phenoxy) is 2. The van der Waals surface area contributed by atoms with Gasteiger partial charge in [0.25, 0.3) is 0 Å². The Morgan fingerprint density at radius 1 is 0.944 bits per heavy atom. The highest BCUT2D eigenvalue weighted by atomic mass is 35.5. The van der Waals surface area contributed by atoms with E-state index in [1.807, 2.05) is 0 Å². The van der Waals surface area contributed by atoms with Gasteiger partial charge in [-0.15, -0.1) is 11.6 Å². The first kappa shape index (κ1) is 16.3. The van der Waals surface area contributed by atoms with Crippen LogP contribution in [-0.4, -0.2) is 24.9 Å². The maximum Gasteiger partial charge on any atom is 0.158 e. The molecule has 1 aliphatic heterocycles. The number of rotatable bonds is 11. The van der Waals surface area contributed by atoms with E-state index < -0.39 is 0 Å². The zero-order valence-electron chi connectivity index (χ0n) is 11.8. The minimum Gasteiger partial charge on any atom is -0.350 e. The fourth-order valence-corrected chi connectivity index (χ4v) is 2.52. The number of alkyl halides is 1. The van der Waals surface area contributed by atoms with Crippen molar-refractivity contribution in [2.75, 3.05) is 12.5 Å². The van der Waals surface area contributed by atoms with Crippen LogP contribution in [0.4, 0.5) is 0 Å². The smallest absolute Gasteiger partial charge is 0.158 e. The summed E-state index contributed by atoms with van der Waals surface area (Å²) in [7, 11) is 0. The normalized spacial score (nSPS) is 23.7. The van der Waals surface area contributed by atoms with Crippen molar-refractivity contribution in [2.24, 2.45) is 0 Å². The number of hydrogen-bond donors (Lipinski definition) is 0. The van der Waals surface area contributed by atoms with Crippen LogP contribution in [0.1, 0.15) is 71.1 Å². The molecule has 0 aromatic carbocycles. The van der Waals surface area contributed by atoms with Crippen LogP contribution in [0.5, 0.6) is 0 Å². The molecule has 0 spiro atoms. The van der Waals surface area contributed by atoms with E-state index in [0.717, 1.165) is 6.42 Å². The molecular weight excluding hydrogens is 248 g/mol. The van der Waals surface area contributed by atoms with E-state index in [1.54, 1.807) is 0 Å². The minimum atomic E-state index is 0.0123. The van der Waals surface area contributed by atoms with E-state index in [0.29, 0.717) is 12.5 Å². The third-order valence-corrected chi connectivity index (χ3v) is 3.87. The molecule has 3 heteroatoms. The van der Waals surface area contributed by atoms with Gasteiger partial charge in [0.1, 0.15) is 0 Å². The van der Waals surface area contributed by atoms with Crippen molar-refractivity contribution in [1.82, 2.24) is 0 Å². The van der Waals surface area contributed by atoms with Crippen molar-refractivity contribution < 1.29 is 9.47 Å². The summed E-state index contributed by atoms with van der Waals surface area (Å²) < 4.78 is 11.2. The van der Waals surface area contributed by atoms with Gasteiger partial charge in [0.05, 0.1) is 18.6 Å². The number of halogens is 1. The summed E-state index contributed by atoms with van der Waals surface area (Å²) >= 11 is 5.72. The average molecular weight is 277 g/mol. The van der Waals surface area contributed by atoms with Crippen LogP contribution in [0.15, 0.2) is 0 Å². The maximum absolute atomic E-state index is 5.72. The van der Waals surface area contributed by atoms with Crippen LogP contribution in [-0.2, 0) is 9.47 Å². The molecule has 2 nitrogen and oxygen atoms in total. The second kappa shape index (κ2) is 11.1. The van der Waals surface area contributed by atoms with Gasteiger partial charge in [-0.2, -0.15) is 0 Å². The van der Waals surface area contributed by atoms with Crippen molar-refractivity contribution >= 4 is 11.6 Å². The van der Waals surface area contributed by atoms with E-state index in [4.69, 9.17) is 21.1 Å². The predicted octanol–water partition coefficient (Wildman–Crippen LogP) is 4.89. The predicted molar refractivity (Wildman–Crippen MR) is 77.2 cm³/mol. The largest absolute Gasteiger partial charge is 0.350 e. The zero-order chi connectivity index (χ0) is 13.1. The fourth-order valence-electron chi connectivity index (χ4n) is 2.36. The van der Waals surface area contributed by atoms with Gasteiger partial charge in [-0.3, -0.25) is 0 Å². The molecule has 1 fully saturated rings. The van der Waals surface area contributed by atoms with E-state index in [1.165, 1.54) is 57.8 Å². The Morgan fingerprint density at radius 3 is 2.11 bits per heavy atom. The van der Waals surface area contributed by atoms with Crippen LogP contribution in [0, 0.1) is 0 Å². The monoisotopic (exact) mass is 276 g/mol. The standard InChI is InChI=1S/C15H29ClO2/c1-2-3-4-5-6-7-8-9-10-11-15-17-13-14(12-16)18-15/h14-15H,2-13H2,1H3/t14-,15+/m0/s1. The summed E-state index contributed by atoms with van der Waals surface area (Å²) in [5.74, 6) is 0.550. The molecule has 0 aromatic rings. The Morgan fingerprint density at radius 2 is 1.56 bits per heavy atom. The van der Waals surface area contributed by atoms with Crippen molar-refractivity contribution in [3.8, 4) is 0 Å². The summed E-state index contributed by atoms with van der Waals surface area (Å²) in [4.78, 5) is 0. The Kier molecular flexibility index (Phi) is 10.0. The van der Waals surface area contributed by atoms with E-state index in [2.05, 4.69) is 6.92 Å². The van der Waals surface area contributed by atoms with Gasteiger partial charge in [-0.25, -0.2) is 0 Å². The first-order valence-electron chi connectivity index (χ1n) is 7.69. The van der Waals surface area contributed by atoms with Gasteiger partial charge in [0.15, 0.2) is 6.29 Å². The average Bonchev–Trinajstić information content (AvgIpc) is 2.85. The lowest BCUT2D eigenvalue weighted by Gasteiger charge is -2.09. The molecule has 0 bridgehead atoms. The molecule has 108 valence electrons. The fraction of sp³-hybridized carbons (Fsp3) is 1.00. The van der Waals surface area contributed by atoms with Gasteiger partial charge < -0.3 is 9.47 Å². The summed E-state index contributed by atoms with van der Waals surface area (Å²) in [6.45, 7) is 2.94. The molecule has 0 unspecified atom stereocenters. The second-order valence-electron chi connectivity index (χ2n) is 5.29. The molecule has 0 amide bonds. The maximum atomic E-state index is 5.72. The molecule has 1 rings (SSSR count). The Balaban J connectivity index is 1.79. The molecule has 0 aliphatic carbocycles. The first-order valence-corrected chi connectivity index (χ1v) is 8.23. The highest BCUT2D eigenvalue weighted by Gasteiger charge is 2.24. The number of unbranched alkanes of at least 4 members (excludes halogenated alkanes) is 8. The number of hydrogen-bond acceptors (Lipinski definition) is 2. The molecule has 1 saturated heterocycles. The summed E-state index contributed by atoms with van der Waals surface area (Å²) in [5.41, 5.74) is 0. The van der Waals surface area contributed by atoms with Crippen LogP contribution < -0.4 is 0 Å². The van der Waals surface area contributed by atoms with Crippen LogP contribution in [0.2, 0.25) is 0 Å². The minimum absolute atomic E-state index is 0.0123. The summed E-state index contributed by atoms with van der Waals surface area (Å²) in [6, 6.07) is 0. The molecular formula is C15H29ClO2. The first-order chi connectivity index (χ1) is 8.86. The molecule has 0 saturated carbocycles. The third kappa shape index (κ3) is 7.60. The second-order valence-corrected chi connectivity index (χ2v) is 5.60. The lowest BCUT2D eigenvalue weighted by Crippen LogP contribution is -2.13. The summed E-state index contributed by atoms with van der Waals surface area (Å²) in [5, 5.41) is 0. The molecule has 1 heterocycles. The molecule has 1 aliphatic rings. The van der Waals surface area contributed by atoms with Gasteiger partial charge >= 0.3 is 0 Å². The van der Waals surface area contributed by atoms with Crippen molar-refractivity contribution in [3.63, 3.8) is 0 Å². The topological polar surface area (TPSA) is 18.5 Å². The summed E-state index contributed by atoms with van der Waals surface area (Å²) in [6.07, 6.45) is 13.4. The Bertz CT molecular complexity index is 187. The highest BCUT2D eigenvalue weighted by Crippen LogP contribution is 2.19. The molecule has 18 heavy (non-hydrogen) atoms. The molecule has 2 atom stereocenters. The Labute approximate surface area is 117 Å². The zero-order valence-corrected chi connectivity index (χ0v) is 12.6. The quantitative estimate of drug-likeness (QED) is 0.395. The van der Waals surface area contributed by atoms with Crippen molar-refractivity contribution in [2.45, 2.75) is 83.5 Å². The van der Waals surface area contributed by atoms with Crippen LogP contribution in [0.25, 0.3) is 0 Å².